The van der Waals surface area contributed by atoms with Gasteiger partial charge in [-0.25, -0.2) is 4.79 Å². The van der Waals surface area contributed by atoms with Gasteiger partial charge in [-0.2, -0.15) is 0 Å². The number of benzene rings is 3. The number of carbonyl (C=O) groups is 1. The molecule has 1 saturated heterocycles. The SMILES string of the molecule is NCc1cc(B(O)O)cc(N2CCN(C(=O)OCC3c4ccccc4-c4ccccc43)CC2)c1. The molecule has 0 unspecified atom stereocenters. The molecule has 0 bridgehead atoms. The lowest BCUT2D eigenvalue weighted by Crippen LogP contribution is -2.49. The molecule has 1 aliphatic carbocycles. The Kier molecular flexibility index (Phi) is 6.28. The van der Waals surface area contributed by atoms with Gasteiger partial charge in [-0.05, 0) is 45.4 Å². The lowest BCUT2D eigenvalue weighted by molar-refractivity contribution is 0.0977. The van der Waals surface area contributed by atoms with Crippen molar-refractivity contribution in [3.05, 3.63) is 83.4 Å². The summed E-state index contributed by atoms with van der Waals surface area (Å²) in [6.45, 7) is 2.93. The Morgan fingerprint density at radius 3 is 2.15 bits per heavy atom. The maximum atomic E-state index is 12.9. The van der Waals surface area contributed by atoms with Crippen LogP contribution in [0.5, 0.6) is 0 Å². The molecule has 5 rings (SSSR count). The van der Waals surface area contributed by atoms with Crippen LogP contribution in [0.25, 0.3) is 11.1 Å². The van der Waals surface area contributed by atoms with Gasteiger partial charge in [0.05, 0.1) is 0 Å². The van der Waals surface area contributed by atoms with E-state index in [9.17, 15) is 14.8 Å². The van der Waals surface area contributed by atoms with Gasteiger partial charge in [-0.15, -0.1) is 0 Å². The molecule has 0 saturated carbocycles. The highest BCUT2D eigenvalue weighted by Gasteiger charge is 2.30. The van der Waals surface area contributed by atoms with Crippen LogP contribution in [0.3, 0.4) is 0 Å². The number of rotatable bonds is 5. The molecule has 34 heavy (non-hydrogen) atoms. The van der Waals surface area contributed by atoms with Gasteiger partial charge in [-0.1, -0.05) is 54.6 Å². The van der Waals surface area contributed by atoms with Gasteiger partial charge in [0, 0.05) is 44.3 Å². The molecular weight excluding hydrogens is 429 g/mol. The Morgan fingerprint density at radius 2 is 1.56 bits per heavy atom. The molecule has 0 aromatic heterocycles. The van der Waals surface area contributed by atoms with Gasteiger partial charge in [-0.3, -0.25) is 0 Å². The summed E-state index contributed by atoms with van der Waals surface area (Å²) < 4.78 is 5.79. The number of hydrogen-bond donors (Lipinski definition) is 3. The summed E-state index contributed by atoms with van der Waals surface area (Å²) in [5, 5.41) is 19.2. The first-order valence-corrected chi connectivity index (χ1v) is 11.6. The van der Waals surface area contributed by atoms with Crippen LogP contribution in [-0.2, 0) is 11.3 Å². The minimum atomic E-state index is -1.55. The van der Waals surface area contributed by atoms with Crippen molar-refractivity contribution in [3.63, 3.8) is 0 Å². The third kappa shape index (κ3) is 4.28. The molecule has 8 heteroatoms. The fourth-order valence-corrected chi connectivity index (χ4v) is 4.98. The van der Waals surface area contributed by atoms with Crippen LogP contribution in [-0.4, -0.2) is 60.9 Å². The van der Waals surface area contributed by atoms with E-state index in [-0.39, 0.29) is 12.0 Å². The van der Waals surface area contributed by atoms with E-state index in [1.54, 1.807) is 17.0 Å². The summed E-state index contributed by atoms with van der Waals surface area (Å²) in [5.41, 5.74) is 12.7. The quantitative estimate of drug-likeness (QED) is 0.507. The molecule has 0 spiro atoms. The predicted octanol–water partition coefficient (Wildman–Crippen LogP) is 1.90. The smallest absolute Gasteiger partial charge is 0.448 e. The summed E-state index contributed by atoms with van der Waals surface area (Å²) in [5.74, 6) is 0.0416. The number of carbonyl (C=O) groups excluding carboxylic acids is 1. The van der Waals surface area contributed by atoms with Crippen LogP contribution < -0.4 is 16.1 Å². The molecule has 1 fully saturated rings. The highest BCUT2D eigenvalue weighted by atomic mass is 16.6. The second-order valence-corrected chi connectivity index (χ2v) is 8.79. The Balaban J connectivity index is 1.22. The molecule has 4 N–H and O–H groups in total. The van der Waals surface area contributed by atoms with Gasteiger partial charge in [0.25, 0.3) is 0 Å². The van der Waals surface area contributed by atoms with Crippen LogP contribution in [0.15, 0.2) is 66.7 Å². The maximum Gasteiger partial charge on any atom is 0.488 e. The maximum absolute atomic E-state index is 12.9. The van der Waals surface area contributed by atoms with Gasteiger partial charge >= 0.3 is 13.2 Å². The largest absolute Gasteiger partial charge is 0.488 e. The number of hydrogen-bond acceptors (Lipinski definition) is 6. The average Bonchev–Trinajstić information content (AvgIpc) is 3.20. The second kappa shape index (κ2) is 9.50. The van der Waals surface area contributed by atoms with Crippen molar-refractivity contribution < 1.29 is 19.6 Å². The summed E-state index contributed by atoms with van der Waals surface area (Å²) in [6.07, 6.45) is -0.302. The number of amides is 1. The van der Waals surface area contributed by atoms with Gasteiger partial charge in [0.1, 0.15) is 6.61 Å². The fourth-order valence-electron chi connectivity index (χ4n) is 4.98. The van der Waals surface area contributed by atoms with Crippen molar-refractivity contribution in [2.45, 2.75) is 12.5 Å². The number of anilines is 1. The molecule has 174 valence electrons. The lowest BCUT2D eigenvalue weighted by Gasteiger charge is -2.36. The molecule has 7 nitrogen and oxygen atoms in total. The van der Waals surface area contributed by atoms with Crippen molar-refractivity contribution in [2.24, 2.45) is 5.73 Å². The van der Waals surface area contributed by atoms with Crippen molar-refractivity contribution in [3.8, 4) is 11.1 Å². The summed E-state index contributed by atoms with van der Waals surface area (Å²) in [6, 6.07) is 22.0. The van der Waals surface area contributed by atoms with Crippen molar-refractivity contribution in [2.75, 3.05) is 37.7 Å². The van der Waals surface area contributed by atoms with E-state index >= 15 is 0 Å². The van der Waals surface area contributed by atoms with E-state index in [4.69, 9.17) is 10.5 Å². The highest BCUT2D eigenvalue weighted by molar-refractivity contribution is 6.58. The first kappa shape index (κ1) is 22.5. The van der Waals surface area contributed by atoms with E-state index in [1.165, 1.54) is 22.3 Å². The third-order valence-electron chi connectivity index (χ3n) is 6.77. The molecule has 1 aliphatic heterocycles. The first-order chi connectivity index (χ1) is 16.5. The predicted molar refractivity (Wildman–Crippen MR) is 133 cm³/mol. The van der Waals surface area contributed by atoms with Crippen LogP contribution in [0.2, 0.25) is 0 Å². The number of ether oxygens (including phenoxy) is 1. The molecule has 1 heterocycles. The summed E-state index contributed by atoms with van der Waals surface area (Å²) >= 11 is 0. The monoisotopic (exact) mass is 457 g/mol. The Morgan fingerprint density at radius 1 is 0.941 bits per heavy atom. The van der Waals surface area contributed by atoms with Crippen molar-refractivity contribution in [1.82, 2.24) is 4.90 Å². The Hall–Kier alpha value is -3.33. The van der Waals surface area contributed by atoms with Crippen LogP contribution >= 0.6 is 0 Å². The summed E-state index contributed by atoms with van der Waals surface area (Å²) in [7, 11) is -1.55. The zero-order valence-corrected chi connectivity index (χ0v) is 18.9. The van der Waals surface area contributed by atoms with Gasteiger partial charge < -0.3 is 30.3 Å². The molecule has 0 atom stereocenters. The standard InChI is InChI=1S/C26H28BN3O4/c28-16-18-13-19(27(32)33)15-20(14-18)29-9-11-30(12-10-29)26(31)34-17-25-23-7-3-1-5-21(23)22-6-2-4-8-24(22)25/h1-8,13-15,25,32-33H,9-12,16-17,28H2. The van der Waals surface area contributed by atoms with Gasteiger partial charge in [0.2, 0.25) is 0 Å². The topological polar surface area (TPSA) is 99.3 Å². The van der Waals surface area contributed by atoms with Crippen LogP contribution in [0.1, 0.15) is 22.6 Å². The molecule has 3 aromatic carbocycles. The number of nitrogens with two attached hydrogens (primary N) is 1. The molecule has 1 amide bonds. The van der Waals surface area contributed by atoms with E-state index in [0.717, 1.165) is 11.3 Å². The zero-order chi connectivity index (χ0) is 23.7. The van der Waals surface area contributed by atoms with Crippen LogP contribution in [0, 0.1) is 0 Å². The van der Waals surface area contributed by atoms with E-state index in [2.05, 4.69) is 29.2 Å². The number of fused-ring (bicyclic) bond motifs is 3. The van der Waals surface area contributed by atoms with Crippen molar-refractivity contribution >= 4 is 24.4 Å². The molecular formula is C26H28BN3O4. The molecule has 3 aromatic rings. The molecule has 0 radical (unpaired) electrons. The zero-order valence-electron chi connectivity index (χ0n) is 18.9. The number of nitrogens with zero attached hydrogens (tertiary/aromatic N) is 2. The average molecular weight is 457 g/mol. The second-order valence-electron chi connectivity index (χ2n) is 8.79. The van der Waals surface area contributed by atoms with E-state index in [1.807, 2.05) is 30.3 Å². The third-order valence-corrected chi connectivity index (χ3v) is 6.77. The summed E-state index contributed by atoms with van der Waals surface area (Å²) in [4.78, 5) is 16.7. The normalized spacial score (nSPS) is 15.1. The van der Waals surface area contributed by atoms with Crippen LogP contribution in [0.4, 0.5) is 10.5 Å². The minimum absolute atomic E-state index is 0.0416. The fraction of sp³-hybridized carbons (Fsp3) is 0.269. The first-order valence-electron chi connectivity index (χ1n) is 11.6. The molecule has 2 aliphatic rings. The Bertz CT molecular complexity index is 1150. The van der Waals surface area contributed by atoms with Crippen molar-refractivity contribution in [1.29, 1.82) is 0 Å². The van der Waals surface area contributed by atoms with Gasteiger partial charge in [0.15, 0.2) is 0 Å². The highest BCUT2D eigenvalue weighted by Crippen LogP contribution is 2.44. The lowest BCUT2D eigenvalue weighted by atomic mass is 9.79. The number of piperazine rings is 1. The van der Waals surface area contributed by atoms with E-state index in [0.29, 0.717) is 44.8 Å². The minimum Gasteiger partial charge on any atom is -0.448 e. The Labute approximate surface area is 199 Å². The van der Waals surface area contributed by atoms with E-state index < -0.39 is 7.12 Å².